The highest BCUT2D eigenvalue weighted by atomic mass is 32.2. The molecule has 0 amide bonds. The number of hydrogen-bond donors (Lipinski definition) is 1. The van der Waals surface area contributed by atoms with E-state index in [4.69, 9.17) is 0 Å². The molecule has 2 aliphatic rings. The van der Waals surface area contributed by atoms with Crippen LogP contribution < -0.4 is 5.32 Å². The van der Waals surface area contributed by atoms with E-state index in [1.165, 1.54) is 31.7 Å². The summed E-state index contributed by atoms with van der Waals surface area (Å²) in [5.41, 5.74) is 0. The van der Waals surface area contributed by atoms with Crippen LogP contribution in [0.1, 0.15) is 33.6 Å². The third kappa shape index (κ3) is 2.89. The molecule has 0 radical (unpaired) electrons. The zero-order valence-electron chi connectivity index (χ0n) is 10.3. The van der Waals surface area contributed by atoms with E-state index in [1.807, 2.05) is 0 Å². The highest BCUT2D eigenvalue weighted by Crippen LogP contribution is 2.38. The van der Waals surface area contributed by atoms with Crippen molar-refractivity contribution in [1.29, 1.82) is 0 Å². The summed E-state index contributed by atoms with van der Waals surface area (Å²) < 4.78 is 0.533. The molecule has 2 aliphatic heterocycles. The Bertz CT molecular complexity index is 214. The van der Waals surface area contributed by atoms with Crippen molar-refractivity contribution >= 4 is 11.8 Å². The molecule has 0 spiro atoms. The number of piperazine rings is 1. The van der Waals surface area contributed by atoms with Crippen molar-refractivity contribution in [3.05, 3.63) is 0 Å². The second kappa shape index (κ2) is 4.64. The van der Waals surface area contributed by atoms with Crippen LogP contribution in [0.25, 0.3) is 0 Å². The average molecular weight is 228 g/mol. The smallest absolute Gasteiger partial charge is 0.0259 e. The summed E-state index contributed by atoms with van der Waals surface area (Å²) in [6.07, 6.45) is 2.82. The molecule has 0 saturated carbocycles. The van der Waals surface area contributed by atoms with Crippen LogP contribution in [-0.4, -0.2) is 47.1 Å². The van der Waals surface area contributed by atoms with E-state index < -0.39 is 0 Å². The fourth-order valence-electron chi connectivity index (χ4n) is 2.71. The largest absolute Gasteiger partial charge is 0.311 e. The topological polar surface area (TPSA) is 15.3 Å². The zero-order valence-corrected chi connectivity index (χ0v) is 11.1. The van der Waals surface area contributed by atoms with Crippen LogP contribution in [0.15, 0.2) is 0 Å². The van der Waals surface area contributed by atoms with Crippen molar-refractivity contribution in [3.8, 4) is 0 Å². The number of rotatable bonds is 2. The SMILES string of the molecule is CC1CN(CC2(C)CCCS2)C(C)CN1. The van der Waals surface area contributed by atoms with Gasteiger partial charge in [0.05, 0.1) is 0 Å². The highest BCUT2D eigenvalue weighted by molar-refractivity contribution is 8.00. The van der Waals surface area contributed by atoms with Gasteiger partial charge in [-0.1, -0.05) is 0 Å². The Morgan fingerprint density at radius 2 is 2.27 bits per heavy atom. The van der Waals surface area contributed by atoms with Crippen molar-refractivity contribution in [3.63, 3.8) is 0 Å². The maximum absolute atomic E-state index is 3.55. The maximum Gasteiger partial charge on any atom is 0.0259 e. The summed E-state index contributed by atoms with van der Waals surface area (Å²) in [6.45, 7) is 10.7. The minimum absolute atomic E-state index is 0.533. The van der Waals surface area contributed by atoms with Crippen LogP contribution in [0.4, 0.5) is 0 Å². The molecule has 88 valence electrons. The summed E-state index contributed by atoms with van der Waals surface area (Å²) >= 11 is 2.18. The Kier molecular flexibility index (Phi) is 3.63. The lowest BCUT2D eigenvalue weighted by atomic mass is 10.0. The van der Waals surface area contributed by atoms with Gasteiger partial charge in [0, 0.05) is 36.5 Å². The molecule has 2 heterocycles. The van der Waals surface area contributed by atoms with Crippen LogP contribution in [-0.2, 0) is 0 Å². The first-order valence-corrected chi connectivity index (χ1v) is 7.19. The summed E-state index contributed by atoms with van der Waals surface area (Å²) in [7, 11) is 0. The van der Waals surface area contributed by atoms with Gasteiger partial charge < -0.3 is 5.32 Å². The summed E-state index contributed by atoms with van der Waals surface area (Å²) in [5, 5.41) is 3.55. The Labute approximate surface area is 98.2 Å². The number of thioether (sulfide) groups is 1. The summed E-state index contributed by atoms with van der Waals surface area (Å²) in [4.78, 5) is 2.68. The number of hydrogen-bond acceptors (Lipinski definition) is 3. The van der Waals surface area contributed by atoms with E-state index in [1.54, 1.807) is 0 Å². The molecule has 1 N–H and O–H groups in total. The van der Waals surface area contributed by atoms with Gasteiger partial charge in [-0.2, -0.15) is 11.8 Å². The summed E-state index contributed by atoms with van der Waals surface area (Å²) in [5.74, 6) is 1.37. The zero-order chi connectivity index (χ0) is 10.9. The molecule has 2 rings (SSSR count). The second-order valence-electron chi connectivity index (χ2n) is 5.49. The van der Waals surface area contributed by atoms with E-state index >= 15 is 0 Å². The summed E-state index contributed by atoms with van der Waals surface area (Å²) in [6, 6.07) is 1.37. The third-order valence-electron chi connectivity index (χ3n) is 3.73. The van der Waals surface area contributed by atoms with Crippen molar-refractivity contribution in [2.45, 2.75) is 50.4 Å². The Balaban J connectivity index is 1.91. The number of nitrogens with one attached hydrogen (secondary N) is 1. The second-order valence-corrected chi connectivity index (χ2v) is 7.17. The molecule has 0 aromatic carbocycles. The molecule has 2 saturated heterocycles. The first-order valence-electron chi connectivity index (χ1n) is 6.20. The van der Waals surface area contributed by atoms with Gasteiger partial charge in [-0.05, 0) is 39.4 Å². The van der Waals surface area contributed by atoms with Crippen LogP contribution in [0.3, 0.4) is 0 Å². The van der Waals surface area contributed by atoms with Crippen LogP contribution in [0.2, 0.25) is 0 Å². The quantitative estimate of drug-likeness (QED) is 0.778. The number of nitrogens with zero attached hydrogens (tertiary/aromatic N) is 1. The van der Waals surface area contributed by atoms with E-state index in [0.29, 0.717) is 16.8 Å². The fraction of sp³-hybridized carbons (Fsp3) is 1.00. The molecule has 0 bridgehead atoms. The van der Waals surface area contributed by atoms with Crippen molar-refractivity contribution in [2.24, 2.45) is 0 Å². The lowest BCUT2D eigenvalue weighted by Crippen LogP contribution is -2.56. The van der Waals surface area contributed by atoms with E-state index in [9.17, 15) is 0 Å². The molecule has 2 nitrogen and oxygen atoms in total. The van der Waals surface area contributed by atoms with Gasteiger partial charge in [0.15, 0.2) is 0 Å². The van der Waals surface area contributed by atoms with E-state index in [2.05, 4.69) is 42.7 Å². The molecule has 0 aromatic rings. The molecule has 0 aromatic heterocycles. The molecule has 3 unspecified atom stereocenters. The molecule has 15 heavy (non-hydrogen) atoms. The van der Waals surface area contributed by atoms with Gasteiger partial charge in [0.2, 0.25) is 0 Å². The highest BCUT2D eigenvalue weighted by Gasteiger charge is 2.34. The van der Waals surface area contributed by atoms with Crippen molar-refractivity contribution < 1.29 is 0 Å². The molecular weight excluding hydrogens is 204 g/mol. The maximum atomic E-state index is 3.55. The average Bonchev–Trinajstić information content (AvgIpc) is 2.59. The molecule has 2 fully saturated rings. The van der Waals surface area contributed by atoms with E-state index in [-0.39, 0.29) is 0 Å². The van der Waals surface area contributed by atoms with Crippen LogP contribution in [0.5, 0.6) is 0 Å². The lowest BCUT2D eigenvalue weighted by Gasteiger charge is -2.41. The predicted octanol–water partition coefficient (Wildman–Crippen LogP) is 1.95. The Morgan fingerprint density at radius 3 is 2.93 bits per heavy atom. The first-order chi connectivity index (χ1) is 7.09. The fourth-order valence-corrected chi connectivity index (χ4v) is 4.04. The third-order valence-corrected chi connectivity index (χ3v) is 5.25. The standard InChI is InChI=1S/C12H24N2S/c1-10-8-14(11(2)7-13-10)9-12(3)5-4-6-15-12/h10-11,13H,4-9H2,1-3H3. The predicted molar refractivity (Wildman–Crippen MR) is 68.6 cm³/mol. The van der Waals surface area contributed by atoms with Gasteiger partial charge >= 0.3 is 0 Å². The van der Waals surface area contributed by atoms with Gasteiger partial charge in [0.25, 0.3) is 0 Å². The van der Waals surface area contributed by atoms with Gasteiger partial charge in [-0.15, -0.1) is 0 Å². The molecule has 3 atom stereocenters. The van der Waals surface area contributed by atoms with Gasteiger partial charge in [-0.3, -0.25) is 4.90 Å². The monoisotopic (exact) mass is 228 g/mol. The Hall–Kier alpha value is 0.270. The van der Waals surface area contributed by atoms with Crippen molar-refractivity contribution in [2.75, 3.05) is 25.4 Å². The lowest BCUT2D eigenvalue weighted by molar-refractivity contribution is 0.134. The normalized spacial score (nSPS) is 43.4. The van der Waals surface area contributed by atoms with E-state index in [0.717, 1.165) is 6.54 Å². The minimum atomic E-state index is 0.533. The molecule has 3 heteroatoms. The van der Waals surface area contributed by atoms with Gasteiger partial charge in [0.1, 0.15) is 0 Å². The minimum Gasteiger partial charge on any atom is -0.311 e. The molecule has 0 aliphatic carbocycles. The van der Waals surface area contributed by atoms with Gasteiger partial charge in [-0.25, -0.2) is 0 Å². The first kappa shape index (κ1) is 11.7. The van der Waals surface area contributed by atoms with Crippen molar-refractivity contribution in [1.82, 2.24) is 10.2 Å². The molecular formula is C12H24N2S. The van der Waals surface area contributed by atoms with Crippen LogP contribution >= 0.6 is 11.8 Å². The Morgan fingerprint density at radius 1 is 1.47 bits per heavy atom. The van der Waals surface area contributed by atoms with Crippen LogP contribution in [0, 0.1) is 0 Å².